The second-order valence-corrected chi connectivity index (χ2v) is 4.82. The zero-order chi connectivity index (χ0) is 13.0. The number of carboxylic acids is 1. The third-order valence-electron chi connectivity index (χ3n) is 3.29. The van der Waals surface area contributed by atoms with Crippen molar-refractivity contribution in [2.75, 3.05) is 5.32 Å². The normalized spacial score (nSPS) is 14.9. The monoisotopic (exact) mass is 247 g/mol. The molecule has 0 spiro atoms. The number of benzene rings is 1. The van der Waals surface area contributed by atoms with Crippen LogP contribution in [0, 0.1) is 5.92 Å². The lowest BCUT2D eigenvalue weighted by Crippen LogP contribution is -2.20. The summed E-state index contributed by atoms with van der Waals surface area (Å²) in [7, 11) is 0. The van der Waals surface area contributed by atoms with Gasteiger partial charge in [-0.1, -0.05) is 18.6 Å². The molecule has 1 aliphatic rings. The Hall–Kier alpha value is -1.84. The van der Waals surface area contributed by atoms with E-state index in [1.165, 1.54) is 6.42 Å². The van der Waals surface area contributed by atoms with Crippen LogP contribution in [0.4, 0.5) is 5.69 Å². The molecule has 1 aliphatic carbocycles. The zero-order valence-corrected chi connectivity index (χ0v) is 10.2. The van der Waals surface area contributed by atoms with E-state index in [0.717, 1.165) is 24.1 Å². The van der Waals surface area contributed by atoms with Gasteiger partial charge in [0, 0.05) is 12.1 Å². The highest BCUT2D eigenvalue weighted by Crippen LogP contribution is 2.29. The first-order chi connectivity index (χ1) is 8.63. The maximum Gasteiger partial charge on any atom is 0.307 e. The molecule has 4 nitrogen and oxygen atoms in total. The van der Waals surface area contributed by atoms with Crippen molar-refractivity contribution in [1.82, 2.24) is 0 Å². The fraction of sp³-hybridized carbons (Fsp3) is 0.429. The summed E-state index contributed by atoms with van der Waals surface area (Å²) in [5, 5.41) is 11.5. The summed E-state index contributed by atoms with van der Waals surface area (Å²) in [4.78, 5) is 22.2. The number of hydrogen-bond acceptors (Lipinski definition) is 2. The number of nitrogens with one attached hydrogen (secondary N) is 1. The molecular weight excluding hydrogens is 230 g/mol. The molecule has 0 aliphatic heterocycles. The summed E-state index contributed by atoms with van der Waals surface area (Å²) in [6.07, 6.45) is 4.16. The predicted octanol–water partition coefficient (Wildman–Crippen LogP) is 2.44. The molecule has 1 aromatic rings. The summed E-state index contributed by atoms with van der Waals surface area (Å²) in [5.41, 5.74) is 1.47. The number of rotatable bonds is 5. The number of aliphatic carboxylic acids is 1. The van der Waals surface area contributed by atoms with Crippen molar-refractivity contribution in [3.8, 4) is 0 Å². The number of carbonyl (C=O) groups is 2. The van der Waals surface area contributed by atoms with Crippen molar-refractivity contribution in [3.63, 3.8) is 0 Å². The van der Waals surface area contributed by atoms with Crippen LogP contribution >= 0.6 is 0 Å². The Morgan fingerprint density at radius 2 is 1.89 bits per heavy atom. The van der Waals surface area contributed by atoms with E-state index in [1.807, 2.05) is 0 Å². The van der Waals surface area contributed by atoms with E-state index in [0.29, 0.717) is 12.3 Å². The van der Waals surface area contributed by atoms with Gasteiger partial charge in [-0.25, -0.2) is 0 Å². The zero-order valence-electron chi connectivity index (χ0n) is 10.2. The molecule has 0 heterocycles. The average molecular weight is 247 g/mol. The van der Waals surface area contributed by atoms with Crippen molar-refractivity contribution < 1.29 is 14.7 Å². The number of anilines is 1. The standard InChI is InChI=1S/C14H17NO3/c16-13(8-10-2-1-3-10)15-12-6-4-11(5-7-12)9-14(17)18/h4-7,10H,1-3,8-9H2,(H,15,16)(H,17,18). The quantitative estimate of drug-likeness (QED) is 0.839. The lowest BCUT2D eigenvalue weighted by Gasteiger charge is -2.24. The second kappa shape index (κ2) is 5.67. The molecule has 0 unspecified atom stereocenters. The Balaban J connectivity index is 1.85. The molecule has 2 N–H and O–H groups in total. The first-order valence-electron chi connectivity index (χ1n) is 6.24. The van der Waals surface area contributed by atoms with Crippen LogP contribution < -0.4 is 5.32 Å². The highest BCUT2D eigenvalue weighted by molar-refractivity contribution is 5.90. The van der Waals surface area contributed by atoms with Crippen molar-refractivity contribution in [2.24, 2.45) is 5.92 Å². The molecule has 0 bridgehead atoms. The minimum absolute atomic E-state index is 0.0102. The van der Waals surface area contributed by atoms with Crippen LogP contribution in [0.5, 0.6) is 0 Å². The Morgan fingerprint density at radius 1 is 1.22 bits per heavy atom. The van der Waals surface area contributed by atoms with Crippen LogP contribution in [0.15, 0.2) is 24.3 Å². The van der Waals surface area contributed by atoms with E-state index < -0.39 is 5.97 Å². The highest BCUT2D eigenvalue weighted by Gasteiger charge is 2.20. The third kappa shape index (κ3) is 3.58. The molecule has 2 rings (SSSR count). The van der Waals surface area contributed by atoms with Crippen LogP contribution in [-0.4, -0.2) is 17.0 Å². The maximum atomic E-state index is 11.7. The third-order valence-corrected chi connectivity index (χ3v) is 3.29. The topological polar surface area (TPSA) is 66.4 Å². The first kappa shape index (κ1) is 12.6. The number of carbonyl (C=O) groups excluding carboxylic acids is 1. The lowest BCUT2D eigenvalue weighted by molar-refractivity contribution is -0.136. The van der Waals surface area contributed by atoms with Gasteiger partial charge in [-0.2, -0.15) is 0 Å². The van der Waals surface area contributed by atoms with Gasteiger partial charge in [-0.05, 0) is 36.5 Å². The molecule has 96 valence electrons. The van der Waals surface area contributed by atoms with Crippen molar-refractivity contribution in [1.29, 1.82) is 0 Å². The minimum atomic E-state index is -0.850. The predicted molar refractivity (Wildman–Crippen MR) is 68.4 cm³/mol. The van der Waals surface area contributed by atoms with E-state index in [-0.39, 0.29) is 12.3 Å². The van der Waals surface area contributed by atoms with Gasteiger partial charge in [-0.15, -0.1) is 0 Å². The van der Waals surface area contributed by atoms with E-state index in [9.17, 15) is 9.59 Å². The second-order valence-electron chi connectivity index (χ2n) is 4.82. The molecule has 1 amide bonds. The van der Waals surface area contributed by atoms with Gasteiger partial charge in [0.2, 0.25) is 5.91 Å². The number of amides is 1. The Kier molecular flexibility index (Phi) is 3.97. The van der Waals surface area contributed by atoms with Crippen LogP contribution in [0.25, 0.3) is 0 Å². The van der Waals surface area contributed by atoms with E-state index in [2.05, 4.69) is 5.32 Å². The van der Waals surface area contributed by atoms with Crippen LogP contribution in [-0.2, 0) is 16.0 Å². The molecule has 1 fully saturated rings. The maximum absolute atomic E-state index is 11.7. The van der Waals surface area contributed by atoms with E-state index in [4.69, 9.17) is 5.11 Å². The van der Waals surface area contributed by atoms with Gasteiger partial charge in [0.1, 0.15) is 0 Å². The summed E-state index contributed by atoms with van der Waals surface area (Å²) in [6.45, 7) is 0. The average Bonchev–Trinajstić information content (AvgIpc) is 2.26. The van der Waals surface area contributed by atoms with Gasteiger partial charge in [-0.3, -0.25) is 9.59 Å². The van der Waals surface area contributed by atoms with Crippen LogP contribution in [0.1, 0.15) is 31.2 Å². The fourth-order valence-corrected chi connectivity index (χ4v) is 2.05. The first-order valence-corrected chi connectivity index (χ1v) is 6.24. The lowest BCUT2D eigenvalue weighted by atomic mass is 9.83. The Morgan fingerprint density at radius 3 is 2.39 bits per heavy atom. The van der Waals surface area contributed by atoms with Crippen molar-refractivity contribution >= 4 is 17.6 Å². The molecule has 0 radical (unpaired) electrons. The van der Waals surface area contributed by atoms with Gasteiger partial charge in [0.25, 0.3) is 0 Å². The Bertz CT molecular complexity index is 435. The Labute approximate surface area is 106 Å². The summed E-state index contributed by atoms with van der Waals surface area (Å²) < 4.78 is 0. The van der Waals surface area contributed by atoms with Crippen molar-refractivity contribution in [2.45, 2.75) is 32.1 Å². The summed E-state index contributed by atoms with van der Waals surface area (Å²) in [6, 6.07) is 6.95. The minimum Gasteiger partial charge on any atom is -0.481 e. The van der Waals surface area contributed by atoms with Gasteiger partial charge >= 0.3 is 5.97 Å². The molecule has 1 aromatic carbocycles. The van der Waals surface area contributed by atoms with E-state index in [1.54, 1.807) is 24.3 Å². The SMILES string of the molecule is O=C(O)Cc1ccc(NC(=O)CC2CCC2)cc1. The molecule has 4 heteroatoms. The molecule has 0 saturated heterocycles. The van der Waals surface area contributed by atoms with Gasteiger partial charge in [0.05, 0.1) is 6.42 Å². The van der Waals surface area contributed by atoms with Gasteiger partial charge < -0.3 is 10.4 Å². The van der Waals surface area contributed by atoms with E-state index >= 15 is 0 Å². The fourth-order valence-electron chi connectivity index (χ4n) is 2.05. The molecule has 18 heavy (non-hydrogen) atoms. The summed E-state index contributed by atoms with van der Waals surface area (Å²) in [5.74, 6) is -0.251. The van der Waals surface area contributed by atoms with Crippen molar-refractivity contribution in [3.05, 3.63) is 29.8 Å². The summed E-state index contributed by atoms with van der Waals surface area (Å²) >= 11 is 0. The number of hydrogen-bond donors (Lipinski definition) is 2. The van der Waals surface area contributed by atoms with Gasteiger partial charge in [0.15, 0.2) is 0 Å². The molecule has 1 saturated carbocycles. The van der Waals surface area contributed by atoms with Crippen LogP contribution in [0.2, 0.25) is 0 Å². The number of carboxylic acid groups (broad SMARTS) is 1. The molecular formula is C14H17NO3. The smallest absolute Gasteiger partial charge is 0.307 e. The largest absolute Gasteiger partial charge is 0.481 e. The molecule has 0 atom stereocenters. The highest BCUT2D eigenvalue weighted by atomic mass is 16.4. The van der Waals surface area contributed by atoms with Crippen LogP contribution in [0.3, 0.4) is 0 Å². The molecule has 0 aromatic heterocycles.